The van der Waals surface area contributed by atoms with Crippen LogP contribution >= 0.6 is 11.6 Å². The van der Waals surface area contributed by atoms with Crippen LogP contribution in [0.2, 0.25) is 5.02 Å². The van der Waals surface area contributed by atoms with Crippen molar-refractivity contribution in [2.45, 2.75) is 58.8 Å². The van der Waals surface area contributed by atoms with Crippen molar-refractivity contribution in [3.05, 3.63) is 45.7 Å². The molecule has 6 nitrogen and oxygen atoms in total. The number of likely N-dealkylation sites (tertiary alicyclic amines) is 1. The first-order valence-corrected chi connectivity index (χ1v) is 10.7. The third kappa shape index (κ3) is 4.06. The molecule has 1 unspecified atom stereocenters. The van der Waals surface area contributed by atoms with E-state index in [-0.39, 0.29) is 18.2 Å². The second-order valence-electron chi connectivity index (χ2n) is 7.93. The highest BCUT2D eigenvalue weighted by atomic mass is 35.5. The Bertz CT molecular complexity index is 905. The highest BCUT2D eigenvalue weighted by Crippen LogP contribution is 2.27. The summed E-state index contributed by atoms with van der Waals surface area (Å²) < 4.78 is 13.3. The molecule has 3 heterocycles. The highest BCUT2D eigenvalue weighted by Gasteiger charge is 2.36. The van der Waals surface area contributed by atoms with Gasteiger partial charge in [-0.3, -0.25) is 4.79 Å². The molecule has 2 aromatic rings. The molecule has 7 heteroatoms. The Kier molecular flexibility index (Phi) is 5.95. The maximum Gasteiger partial charge on any atom is 0.227 e. The quantitative estimate of drug-likeness (QED) is 0.760. The van der Waals surface area contributed by atoms with Crippen LogP contribution in [0.3, 0.4) is 0 Å². The minimum absolute atomic E-state index is 0.00492. The van der Waals surface area contributed by atoms with Crippen LogP contribution in [0.1, 0.15) is 41.8 Å². The molecule has 29 heavy (non-hydrogen) atoms. The van der Waals surface area contributed by atoms with Gasteiger partial charge in [0.05, 0.1) is 37.1 Å². The largest absolute Gasteiger partial charge is 0.348 e. The lowest BCUT2D eigenvalue weighted by Gasteiger charge is -2.38. The fraction of sp³-hybridized carbons (Fsp3) is 0.545. The summed E-state index contributed by atoms with van der Waals surface area (Å²) in [6.45, 7) is 7.91. The van der Waals surface area contributed by atoms with Gasteiger partial charge < -0.3 is 14.4 Å². The van der Waals surface area contributed by atoms with E-state index in [0.29, 0.717) is 24.7 Å². The summed E-state index contributed by atoms with van der Waals surface area (Å²) in [7, 11) is 0. The van der Waals surface area contributed by atoms with Crippen molar-refractivity contribution in [1.82, 2.24) is 14.7 Å². The van der Waals surface area contributed by atoms with E-state index in [0.717, 1.165) is 54.0 Å². The first-order chi connectivity index (χ1) is 14.0. The number of nitrogens with zero attached hydrogens (tertiary/aromatic N) is 3. The van der Waals surface area contributed by atoms with Gasteiger partial charge in [-0.15, -0.1) is 0 Å². The molecule has 2 fully saturated rings. The van der Waals surface area contributed by atoms with Crippen LogP contribution < -0.4 is 0 Å². The smallest absolute Gasteiger partial charge is 0.227 e. The van der Waals surface area contributed by atoms with Gasteiger partial charge in [-0.25, -0.2) is 4.68 Å². The Morgan fingerprint density at radius 1 is 1.21 bits per heavy atom. The van der Waals surface area contributed by atoms with Crippen molar-refractivity contribution in [2.75, 3.05) is 19.8 Å². The van der Waals surface area contributed by atoms with Crippen LogP contribution in [-0.4, -0.2) is 52.7 Å². The number of hydrogen-bond donors (Lipinski definition) is 0. The van der Waals surface area contributed by atoms with E-state index >= 15 is 0 Å². The number of halogens is 1. The number of carbonyl (C=O) groups is 1. The van der Waals surface area contributed by atoms with E-state index in [1.165, 1.54) is 0 Å². The monoisotopic (exact) mass is 417 g/mol. The zero-order valence-electron chi connectivity index (χ0n) is 17.3. The van der Waals surface area contributed by atoms with Crippen LogP contribution in [0.4, 0.5) is 0 Å². The molecule has 1 atom stereocenters. The predicted molar refractivity (Wildman–Crippen MR) is 112 cm³/mol. The Morgan fingerprint density at radius 3 is 2.69 bits per heavy atom. The first-order valence-electron chi connectivity index (χ1n) is 10.3. The predicted octanol–water partition coefficient (Wildman–Crippen LogP) is 3.75. The lowest BCUT2D eigenvalue weighted by Crippen LogP contribution is -2.50. The van der Waals surface area contributed by atoms with E-state index in [4.69, 9.17) is 21.1 Å². The Hall–Kier alpha value is -1.89. The van der Waals surface area contributed by atoms with Crippen LogP contribution in [0, 0.1) is 20.8 Å². The number of ether oxygens (including phenoxy) is 2. The summed E-state index contributed by atoms with van der Waals surface area (Å²) in [6.07, 6.45) is 3.09. The summed E-state index contributed by atoms with van der Waals surface area (Å²) in [5.74, 6) is 0.112. The molecule has 1 amide bonds. The van der Waals surface area contributed by atoms with Gasteiger partial charge in [0.2, 0.25) is 5.91 Å². The second kappa shape index (κ2) is 8.46. The number of hydrogen-bond acceptors (Lipinski definition) is 4. The molecule has 1 aromatic carbocycles. The van der Waals surface area contributed by atoms with Gasteiger partial charge in [0.25, 0.3) is 0 Å². The number of carbonyl (C=O) groups excluding carboxylic acids is 1. The molecule has 156 valence electrons. The maximum absolute atomic E-state index is 13.2. The summed E-state index contributed by atoms with van der Waals surface area (Å²) in [4.78, 5) is 15.2. The van der Waals surface area contributed by atoms with Gasteiger partial charge in [0.15, 0.2) is 6.29 Å². The van der Waals surface area contributed by atoms with Crippen molar-refractivity contribution in [1.29, 1.82) is 0 Å². The van der Waals surface area contributed by atoms with Crippen LogP contribution in [0.15, 0.2) is 18.2 Å². The number of piperidine rings is 1. The van der Waals surface area contributed by atoms with Gasteiger partial charge in [-0.05, 0) is 57.7 Å². The van der Waals surface area contributed by atoms with Gasteiger partial charge in [0.1, 0.15) is 0 Å². The lowest BCUT2D eigenvalue weighted by atomic mass is 10.00. The highest BCUT2D eigenvalue weighted by molar-refractivity contribution is 6.31. The van der Waals surface area contributed by atoms with E-state index in [1.807, 2.05) is 48.6 Å². The summed E-state index contributed by atoms with van der Waals surface area (Å²) in [5, 5.41) is 5.39. The van der Waals surface area contributed by atoms with E-state index in [9.17, 15) is 4.79 Å². The SMILES string of the molecule is Cc1ccc(-n2nc(C)c(CC(=O)N3CCCCC3C3OCCO3)c2C)cc1Cl. The van der Waals surface area contributed by atoms with Crippen molar-refractivity contribution in [3.8, 4) is 5.69 Å². The number of rotatable bonds is 4. The standard InChI is InChI=1S/C22H28ClN3O3/c1-14-7-8-17(12-19(14)23)26-16(3)18(15(2)24-26)13-21(27)25-9-5-4-6-20(25)22-28-10-11-29-22/h7-8,12,20,22H,4-6,9-11,13H2,1-3H3. The lowest BCUT2D eigenvalue weighted by molar-refractivity contribution is -0.150. The fourth-order valence-corrected chi connectivity index (χ4v) is 4.47. The van der Waals surface area contributed by atoms with Crippen molar-refractivity contribution in [3.63, 3.8) is 0 Å². The van der Waals surface area contributed by atoms with Crippen LogP contribution in [0.5, 0.6) is 0 Å². The number of aryl methyl sites for hydroxylation is 2. The summed E-state index contributed by atoms with van der Waals surface area (Å²) in [5.41, 5.74) is 4.75. The van der Waals surface area contributed by atoms with Crippen molar-refractivity contribution < 1.29 is 14.3 Å². The third-order valence-electron chi connectivity index (χ3n) is 6.00. The molecule has 4 rings (SSSR count). The Labute approximate surface area is 176 Å². The molecule has 2 aliphatic rings. The molecular formula is C22H28ClN3O3. The van der Waals surface area contributed by atoms with E-state index in [2.05, 4.69) is 5.10 Å². The molecule has 0 N–H and O–H groups in total. The van der Waals surface area contributed by atoms with Crippen LogP contribution in [0.25, 0.3) is 5.69 Å². The van der Waals surface area contributed by atoms with Gasteiger partial charge >= 0.3 is 0 Å². The molecule has 2 saturated heterocycles. The summed E-state index contributed by atoms with van der Waals surface area (Å²) in [6, 6.07) is 5.91. The molecule has 0 bridgehead atoms. The van der Waals surface area contributed by atoms with E-state index < -0.39 is 0 Å². The molecule has 0 saturated carbocycles. The minimum Gasteiger partial charge on any atom is -0.348 e. The second-order valence-corrected chi connectivity index (χ2v) is 8.34. The zero-order chi connectivity index (χ0) is 20.5. The van der Waals surface area contributed by atoms with Crippen molar-refractivity contribution >= 4 is 17.5 Å². The molecule has 2 aliphatic heterocycles. The van der Waals surface area contributed by atoms with Gasteiger partial charge in [-0.1, -0.05) is 17.7 Å². The van der Waals surface area contributed by atoms with Gasteiger partial charge in [-0.2, -0.15) is 5.10 Å². The number of aromatic nitrogens is 2. The number of amides is 1. The first kappa shape index (κ1) is 20.4. The molecule has 0 aliphatic carbocycles. The Balaban J connectivity index is 1.56. The fourth-order valence-electron chi connectivity index (χ4n) is 4.30. The van der Waals surface area contributed by atoms with Crippen molar-refractivity contribution in [2.24, 2.45) is 0 Å². The normalized spacial score (nSPS) is 20.4. The third-order valence-corrected chi connectivity index (χ3v) is 6.41. The topological polar surface area (TPSA) is 56.6 Å². The molecule has 0 spiro atoms. The van der Waals surface area contributed by atoms with Crippen LogP contribution in [-0.2, 0) is 20.7 Å². The maximum atomic E-state index is 13.2. The summed E-state index contributed by atoms with van der Waals surface area (Å²) >= 11 is 6.30. The number of benzene rings is 1. The average molecular weight is 418 g/mol. The van der Waals surface area contributed by atoms with Gasteiger partial charge in [0, 0.05) is 22.8 Å². The van der Waals surface area contributed by atoms with E-state index in [1.54, 1.807) is 0 Å². The molecule has 0 radical (unpaired) electrons. The molecular weight excluding hydrogens is 390 g/mol. The minimum atomic E-state index is -0.293. The Morgan fingerprint density at radius 2 is 1.97 bits per heavy atom. The molecule has 1 aromatic heterocycles. The average Bonchev–Trinajstić information content (AvgIpc) is 3.34. The zero-order valence-corrected chi connectivity index (χ0v) is 18.0.